The SMILES string of the molecule is COc1ccc(N2CCN(C(=O)C3=C(C)c4cc(F)ccc4C3)CC2)cc1. The molecule has 0 N–H and O–H groups in total. The second kappa shape index (κ2) is 7.06. The molecule has 140 valence electrons. The first kappa shape index (κ1) is 17.6. The van der Waals surface area contributed by atoms with Crippen molar-refractivity contribution in [3.8, 4) is 5.75 Å². The summed E-state index contributed by atoms with van der Waals surface area (Å²) in [6.45, 7) is 4.89. The number of carbonyl (C=O) groups is 1. The van der Waals surface area contributed by atoms with Crippen molar-refractivity contribution in [2.45, 2.75) is 13.3 Å². The van der Waals surface area contributed by atoms with Crippen LogP contribution in [-0.4, -0.2) is 44.1 Å². The van der Waals surface area contributed by atoms with Gasteiger partial charge in [0.25, 0.3) is 5.91 Å². The molecule has 1 amide bonds. The first-order chi connectivity index (χ1) is 13.1. The second-order valence-corrected chi connectivity index (χ2v) is 7.06. The summed E-state index contributed by atoms with van der Waals surface area (Å²) in [6.07, 6.45) is 0.596. The molecule has 4 nitrogen and oxygen atoms in total. The summed E-state index contributed by atoms with van der Waals surface area (Å²) in [5.41, 5.74) is 4.76. The molecule has 0 saturated carbocycles. The molecule has 2 aromatic carbocycles. The third kappa shape index (κ3) is 3.29. The van der Waals surface area contributed by atoms with Crippen molar-refractivity contribution in [3.63, 3.8) is 0 Å². The van der Waals surface area contributed by atoms with E-state index in [0.717, 1.165) is 46.8 Å². The van der Waals surface area contributed by atoms with Crippen LogP contribution in [-0.2, 0) is 11.2 Å². The highest BCUT2D eigenvalue weighted by Gasteiger charge is 2.29. The molecule has 0 spiro atoms. The molecule has 2 aromatic rings. The summed E-state index contributed by atoms with van der Waals surface area (Å²) in [4.78, 5) is 17.2. The third-order valence-corrected chi connectivity index (χ3v) is 5.56. The molecular formula is C22H23FN2O2. The number of anilines is 1. The molecular weight excluding hydrogens is 343 g/mol. The van der Waals surface area contributed by atoms with Crippen LogP contribution in [0.25, 0.3) is 5.57 Å². The zero-order valence-electron chi connectivity index (χ0n) is 15.7. The molecule has 4 rings (SSSR count). The molecule has 0 radical (unpaired) electrons. The smallest absolute Gasteiger partial charge is 0.250 e. The van der Waals surface area contributed by atoms with Gasteiger partial charge in [-0.2, -0.15) is 0 Å². The Morgan fingerprint density at radius 2 is 1.74 bits per heavy atom. The Bertz CT molecular complexity index is 897. The van der Waals surface area contributed by atoms with Crippen LogP contribution in [0.5, 0.6) is 5.75 Å². The van der Waals surface area contributed by atoms with Crippen LogP contribution in [0, 0.1) is 5.82 Å². The van der Waals surface area contributed by atoms with Gasteiger partial charge in [0.2, 0.25) is 0 Å². The Hall–Kier alpha value is -2.82. The number of ether oxygens (including phenoxy) is 1. The number of benzene rings is 2. The van der Waals surface area contributed by atoms with Gasteiger partial charge in [0, 0.05) is 43.9 Å². The van der Waals surface area contributed by atoms with Crippen LogP contribution in [0.3, 0.4) is 0 Å². The molecule has 0 aromatic heterocycles. The predicted octanol–water partition coefficient (Wildman–Crippen LogP) is 3.51. The summed E-state index contributed by atoms with van der Waals surface area (Å²) < 4.78 is 18.7. The minimum atomic E-state index is -0.255. The number of rotatable bonds is 3. The van der Waals surface area contributed by atoms with Crippen LogP contribution in [0.2, 0.25) is 0 Å². The fourth-order valence-electron chi connectivity index (χ4n) is 3.93. The fraction of sp³-hybridized carbons (Fsp3) is 0.318. The maximum absolute atomic E-state index is 13.5. The fourth-order valence-corrected chi connectivity index (χ4v) is 3.93. The Morgan fingerprint density at radius 3 is 2.41 bits per heavy atom. The van der Waals surface area contributed by atoms with Crippen LogP contribution >= 0.6 is 0 Å². The van der Waals surface area contributed by atoms with Crippen LogP contribution < -0.4 is 9.64 Å². The van der Waals surface area contributed by atoms with Gasteiger partial charge in [-0.3, -0.25) is 4.79 Å². The monoisotopic (exact) mass is 366 g/mol. The lowest BCUT2D eigenvalue weighted by Gasteiger charge is -2.36. The maximum atomic E-state index is 13.5. The number of halogens is 1. The predicted molar refractivity (Wildman–Crippen MR) is 104 cm³/mol. The molecule has 5 heteroatoms. The normalized spacial score (nSPS) is 16.6. The quantitative estimate of drug-likeness (QED) is 0.833. The van der Waals surface area contributed by atoms with E-state index in [1.54, 1.807) is 13.2 Å². The molecule has 1 fully saturated rings. The van der Waals surface area contributed by atoms with E-state index >= 15 is 0 Å². The number of amides is 1. The highest BCUT2D eigenvalue weighted by molar-refractivity contribution is 6.03. The minimum Gasteiger partial charge on any atom is -0.497 e. The molecule has 1 aliphatic carbocycles. The topological polar surface area (TPSA) is 32.8 Å². The largest absolute Gasteiger partial charge is 0.497 e. The van der Waals surface area contributed by atoms with Crippen molar-refractivity contribution in [2.75, 3.05) is 38.2 Å². The lowest BCUT2D eigenvalue weighted by atomic mass is 10.1. The van der Waals surface area contributed by atoms with Crippen molar-refractivity contribution in [3.05, 3.63) is 65.0 Å². The number of fused-ring (bicyclic) bond motifs is 1. The third-order valence-electron chi connectivity index (χ3n) is 5.56. The van der Waals surface area contributed by atoms with Gasteiger partial charge in [0.05, 0.1) is 7.11 Å². The second-order valence-electron chi connectivity index (χ2n) is 7.06. The molecule has 1 saturated heterocycles. The molecule has 0 atom stereocenters. The molecule has 0 bridgehead atoms. The van der Waals surface area contributed by atoms with Gasteiger partial charge < -0.3 is 14.5 Å². The van der Waals surface area contributed by atoms with Gasteiger partial charge in [-0.05, 0) is 60.0 Å². The number of hydrogen-bond acceptors (Lipinski definition) is 3. The van der Waals surface area contributed by atoms with Gasteiger partial charge in [-0.25, -0.2) is 4.39 Å². The van der Waals surface area contributed by atoms with Crippen LogP contribution in [0.1, 0.15) is 18.1 Å². The Balaban J connectivity index is 1.43. The van der Waals surface area contributed by atoms with Crippen molar-refractivity contribution < 1.29 is 13.9 Å². The molecule has 27 heavy (non-hydrogen) atoms. The van der Waals surface area contributed by atoms with E-state index in [9.17, 15) is 9.18 Å². The van der Waals surface area contributed by atoms with E-state index < -0.39 is 0 Å². The number of carbonyl (C=O) groups excluding carboxylic acids is 1. The standard InChI is InChI=1S/C22H23FN2O2/c1-15-20-14-17(23)4-3-16(20)13-21(15)22(26)25-11-9-24(10-12-25)18-5-7-19(27-2)8-6-18/h3-8,14H,9-13H2,1-2H3. The van der Waals surface area contributed by atoms with E-state index in [2.05, 4.69) is 4.90 Å². The van der Waals surface area contributed by atoms with Crippen molar-refractivity contribution in [2.24, 2.45) is 0 Å². The highest BCUT2D eigenvalue weighted by atomic mass is 19.1. The van der Waals surface area contributed by atoms with Gasteiger partial charge in [-0.1, -0.05) is 6.07 Å². The van der Waals surface area contributed by atoms with E-state index in [0.29, 0.717) is 19.5 Å². The number of methoxy groups -OCH3 is 1. The Kier molecular flexibility index (Phi) is 4.60. The van der Waals surface area contributed by atoms with E-state index in [4.69, 9.17) is 4.74 Å². The van der Waals surface area contributed by atoms with Crippen LogP contribution in [0.4, 0.5) is 10.1 Å². The first-order valence-electron chi connectivity index (χ1n) is 9.23. The Labute approximate surface area is 158 Å². The number of nitrogens with zero attached hydrogens (tertiary/aromatic N) is 2. The van der Waals surface area contributed by atoms with Crippen molar-refractivity contribution >= 4 is 17.2 Å². The lowest BCUT2D eigenvalue weighted by molar-refractivity contribution is -0.127. The van der Waals surface area contributed by atoms with Crippen molar-refractivity contribution in [1.29, 1.82) is 0 Å². The molecule has 0 unspecified atom stereocenters. The average molecular weight is 366 g/mol. The number of hydrogen-bond donors (Lipinski definition) is 0. The minimum absolute atomic E-state index is 0.0819. The Morgan fingerprint density at radius 1 is 1.04 bits per heavy atom. The van der Waals surface area contributed by atoms with E-state index in [-0.39, 0.29) is 11.7 Å². The zero-order chi connectivity index (χ0) is 19.0. The summed E-state index contributed by atoms with van der Waals surface area (Å²) in [6, 6.07) is 12.8. The molecule has 1 aliphatic heterocycles. The van der Waals surface area contributed by atoms with Crippen LogP contribution in [0.15, 0.2) is 48.0 Å². The summed E-state index contributed by atoms with van der Waals surface area (Å²) in [5.74, 6) is 0.667. The molecule has 1 heterocycles. The zero-order valence-corrected chi connectivity index (χ0v) is 15.7. The average Bonchev–Trinajstić information content (AvgIpc) is 3.04. The maximum Gasteiger partial charge on any atom is 0.250 e. The summed E-state index contributed by atoms with van der Waals surface area (Å²) >= 11 is 0. The van der Waals surface area contributed by atoms with Crippen molar-refractivity contribution in [1.82, 2.24) is 4.90 Å². The first-order valence-corrected chi connectivity index (χ1v) is 9.23. The van der Waals surface area contributed by atoms with E-state index in [1.807, 2.05) is 36.1 Å². The van der Waals surface area contributed by atoms with Gasteiger partial charge in [-0.15, -0.1) is 0 Å². The number of piperazine rings is 1. The van der Waals surface area contributed by atoms with Gasteiger partial charge >= 0.3 is 0 Å². The summed E-state index contributed by atoms with van der Waals surface area (Å²) in [5, 5.41) is 0. The highest BCUT2D eigenvalue weighted by Crippen LogP contribution is 2.34. The molecule has 2 aliphatic rings. The van der Waals surface area contributed by atoms with E-state index in [1.165, 1.54) is 12.1 Å². The summed E-state index contributed by atoms with van der Waals surface area (Å²) in [7, 11) is 1.66. The van der Waals surface area contributed by atoms with Gasteiger partial charge in [0.15, 0.2) is 0 Å². The number of allylic oxidation sites excluding steroid dienone is 1. The van der Waals surface area contributed by atoms with Gasteiger partial charge in [0.1, 0.15) is 11.6 Å². The lowest BCUT2D eigenvalue weighted by Crippen LogP contribution is -2.49.